The molecule has 0 atom stereocenters. The van der Waals surface area contributed by atoms with Crippen molar-refractivity contribution < 1.29 is 37.5 Å². The first-order valence-electron chi connectivity index (χ1n) is 25.3. The van der Waals surface area contributed by atoms with Gasteiger partial charge in [0.15, 0.2) is 11.3 Å². The van der Waals surface area contributed by atoms with E-state index < -0.39 is 23.6 Å². The number of aliphatic carboxylic acids is 1. The third kappa shape index (κ3) is 14.6. The normalized spacial score (nSPS) is 16.5. The largest absolute Gasteiger partial charge is 0.472 e. The zero-order chi connectivity index (χ0) is 57.1. The third-order valence-corrected chi connectivity index (χ3v) is 13.3. The minimum absolute atomic E-state index is 0. The van der Waals surface area contributed by atoms with E-state index in [4.69, 9.17) is 32.5 Å². The Morgan fingerprint density at radius 2 is 1.09 bits per heavy atom. The second-order valence-corrected chi connectivity index (χ2v) is 18.8. The Kier molecular flexibility index (Phi) is 19.3. The number of benzene rings is 2. The first-order chi connectivity index (χ1) is 38.4. The molecule has 2 aromatic carbocycles. The van der Waals surface area contributed by atoms with Gasteiger partial charge in [-0.3, -0.25) is 14.4 Å². The predicted octanol–water partition coefficient (Wildman–Crippen LogP) is 8.35. The molecule has 2 aliphatic carbocycles. The Bertz CT molecular complexity index is 3700. The highest BCUT2D eigenvalue weighted by atomic mass is 35.5. The number of hydrogen-bond acceptors (Lipinski definition) is 15. The quantitative estimate of drug-likeness (QED) is 0.0668. The minimum Gasteiger partial charge on any atom is -0.472 e. The number of aromatic nitrogens is 10. The molecular formula is C56H56ClF3N16O5. The summed E-state index contributed by atoms with van der Waals surface area (Å²) in [6, 6.07) is 19.5. The molecule has 2 saturated carbocycles. The molecule has 0 aliphatic heterocycles. The van der Waals surface area contributed by atoms with Crippen LogP contribution in [0, 0.1) is 30.6 Å². The predicted molar refractivity (Wildman–Crippen MR) is 301 cm³/mol. The van der Waals surface area contributed by atoms with E-state index in [0.29, 0.717) is 45.2 Å². The van der Waals surface area contributed by atoms with Crippen LogP contribution in [0.3, 0.4) is 0 Å². The fourth-order valence-corrected chi connectivity index (χ4v) is 9.37. The molecule has 6 aromatic heterocycles. The van der Waals surface area contributed by atoms with Gasteiger partial charge in [-0.25, -0.2) is 44.1 Å². The summed E-state index contributed by atoms with van der Waals surface area (Å²) in [4.78, 5) is 71.9. The van der Waals surface area contributed by atoms with Crippen LogP contribution in [-0.4, -0.2) is 90.3 Å². The van der Waals surface area contributed by atoms with Crippen LogP contribution >= 0.6 is 12.4 Å². The Hall–Kier alpha value is -9.52. The highest BCUT2D eigenvalue weighted by molar-refractivity contribution is 6.06. The second kappa shape index (κ2) is 26.4. The van der Waals surface area contributed by atoms with Crippen LogP contribution in [0.2, 0.25) is 0 Å². The number of amides is 3. The fraction of sp³-hybridized carbons (Fsp3) is 0.286. The van der Waals surface area contributed by atoms with E-state index in [1.165, 1.54) is 31.7 Å². The topological polar surface area (TPSA) is 316 Å². The number of carboxylic acid groups (broad SMARTS) is 1. The summed E-state index contributed by atoms with van der Waals surface area (Å²) in [5.41, 5.74) is 23.5. The Morgan fingerprint density at radius 3 is 1.52 bits per heavy atom. The van der Waals surface area contributed by atoms with E-state index >= 15 is 0 Å². The van der Waals surface area contributed by atoms with Crippen molar-refractivity contribution in [3.63, 3.8) is 0 Å². The molecular weight excluding hydrogens is 1070 g/mol. The molecule has 3 amide bonds. The van der Waals surface area contributed by atoms with E-state index in [0.717, 1.165) is 91.9 Å². The second-order valence-electron chi connectivity index (χ2n) is 18.8. The van der Waals surface area contributed by atoms with Crippen LogP contribution in [0.15, 0.2) is 97.8 Å². The molecule has 0 saturated heterocycles. The van der Waals surface area contributed by atoms with Gasteiger partial charge in [0, 0.05) is 52.7 Å². The summed E-state index contributed by atoms with van der Waals surface area (Å²) in [5, 5.41) is 26.9. The molecule has 8 aromatic rings. The van der Waals surface area contributed by atoms with Crippen molar-refractivity contribution in [2.45, 2.75) is 102 Å². The molecule has 0 spiro atoms. The van der Waals surface area contributed by atoms with Gasteiger partial charge in [0.2, 0.25) is 0 Å². The molecule has 81 heavy (non-hydrogen) atoms. The molecule has 21 nitrogen and oxygen atoms in total. The van der Waals surface area contributed by atoms with Gasteiger partial charge < -0.3 is 38.3 Å². The zero-order valence-corrected chi connectivity index (χ0v) is 44.8. The smallest absolute Gasteiger partial charge is 0.416 e. The highest BCUT2D eigenvalue weighted by Crippen LogP contribution is 2.38. The van der Waals surface area contributed by atoms with Gasteiger partial charge in [0.1, 0.15) is 47.3 Å². The van der Waals surface area contributed by atoms with Crippen molar-refractivity contribution in [3.05, 3.63) is 120 Å². The standard InChI is InChI=1S/C28H25F3N8O2.C24H26N8O.C4H4O2.ClH/c1-2-3-22(40)36-19-8-10-20(11-9-19)39-26-23(25(32)34-15-35-26)24(38-39)16-4-6-17(7-5-16)27(41)37-21-14-18(12-13-33-21)28(29,30)31;1-14-10-11-27-19(12-14)30-24(33)16-4-2-15(3-5-16)21-20-22(26)28-13-29-23(20)32(31-21)18-8-6-17(25)7-9-18;1-2-3-4(5)6;/h4-7,12-15,19-20H,8-11H2,1H3,(H,36,40)(H2,32,34,35)(H,33,37,41);2-5,10-13,17-18H,6-9,25H2,1H3,(H2,26,28,29)(H,27,30,33);1H3,(H,5,6);1H. The lowest BCUT2D eigenvalue weighted by atomic mass is 9.91. The van der Waals surface area contributed by atoms with E-state index in [1.54, 1.807) is 37.4 Å². The van der Waals surface area contributed by atoms with Gasteiger partial charge in [0.05, 0.1) is 28.4 Å². The third-order valence-electron chi connectivity index (χ3n) is 13.3. The number of alkyl halides is 3. The SMILES string of the molecule is CC#CC(=O)NC1CCC(n2nc(-c3ccc(C(=O)Nc4cc(C(F)(F)F)ccn4)cc3)c3c(N)ncnc32)CC1.CC#CC(=O)O.Cc1ccnc(NC(=O)c2ccc(-c3nn(C4CCC(N)CC4)c4ncnc(N)c34)cc2)c1.Cl. The van der Waals surface area contributed by atoms with E-state index in [2.05, 4.69) is 63.6 Å². The van der Waals surface area contributed by atoms with Gasteiger partial charge >= 0.3 is 12.1 Å². The van der Waals surface area contributed by atoms with Crippen molar-refractivity contribution >= 4 is 81.4 Å². The van der Waals surface area contributed by atoms with Crippen molar-refractivity contribution in [3.8, 4) is 46.2 Å². The van der Waals surface area contributed by atoms with Crippen LogP contribution in [0.4, 0.5) is 36.4 Å². The summed E-state index contributed by atoms with van der Waals surface area (Å²) < 4.78 is 42.8. The van der Waals surface area contributed by atoms with Gasteiger partial charge in [-0.2, -0.15) is 23.4 Å². The molecule has 418 valence electrons. The molecule has 6 heterocycles. The Morgan fingerprint density at radius 1 is 0.630 bits per heavy atom. The maximum Gasteiger partial charge on any atom is 0.416 e. The monoisotopic (exact) mass is 1120 g/mol. The molecule has 0 unspecified atom stereocenters. The molecule has 25 heteroatoms. The molecule has 0 bridgehead atoms. The first kappa shape index (κ1) is 59.1. The summed E-state index contributed by atoms with van der Waals surface area (Å²) in [7, 11) is 0. The van der Waals surface area contributed by atoms with E-state index in [-0.39, 0.29) is 65.6 Å². The summed E-state index contributed by atoms with van der Waals surface area (Å²) >= 11 is 0. The summed E-state index contributed by atoms with van der Waals surface area (Å²) in [6.45, 7) is 5.05. The van der Waals surface area contributed by atoms with Crippen LogP contribution in [0.1, 0.15) is 109 Å². The molecule has 10 N–H and O–H groups in total. The zero-order valence-electron chi connectivity index (χ0n) is 44.0. The average molecular weight is 1130 g/mol. The molecule has 10 rings (SSSR count). The first-order valence-corrected chi connectivity index (χ1v) is 25.3. The minimum atomic E-state index is -4.55. The van der Waals surface area contributed by atoms with Gasteiger partial charge in [-0.1, -0.05) is 36.1 Å². The number of anilines is 4. The summed E-state index contributed by atoms with van der Waals surface area (Å²) in [6.07, 6.45) is 7.80. The lowest BCUT2D eigenvalue weighted by Crippen LogP contribution is -2.37. The maximum absolute atomic E-state index is 13.0. The van der Waals surface area contributed by atoms with Gasteiger partial charge in [0.25, 0.3) is 17.7 Å². The number of fused-ring (bicyclic) bond motifs is 2. The number of nitrogens with two attached hydrogens (primary N) is 3. The van der Waals surface area contributed by atoms with Crippen molar-refractivity contribution in [1.82, 2.24) is 54.8 Å². The van der Waals surface area contributed by atoms with Crippen molar-refractivity contribution in [2.24, 2.45) is 5.73 Å². The van der Waals surface area contributed by atoms with Gasteiger partial charge in [-0.05, 0) is 132 Å². The number of hydrogen-bond donors (Lipinski definition) is 7. The summed E-state index contributed by atoms with van der Waals surface area (Å²) in [5.74, 6) is 7.95. The number of carboxylic acids is 1. The van der Waals surface area contributed by atoms with E-state index in [1.807, 2.05) is 46.5 Å². The fourth-order valence-electron chi connectivity index (χ4n) is 9.37. The van der Waals surface area contributed by atoms with Crippen LogP contribution < -0.4 is 33.2 Å². The number of aryl methyl sites for hydroxylation is 1. The molecule has 2 aliphatic rings. The lowest BCUT2D eigenvalue weighted by Gasteiger charge is -2.28. The van der Waals surface area contributed by atoms with Crippen molar-refractivity contribution in [2.75, 3.05) is 22.1 Å². The van der Waals surface area contributed by atoms with Crippen LogP contribution in [-0.2, 0) is 15.8 Å². The number of carbonyl (C=O) groups excluding carboxylic acids is 3. The number of nitrogens with zero attached hydrogens (tertiary/aromatic N) is 10. The van der Waals surface area contributed by atoms with Crippen LogP contribution in [0.25, 0.3) is 44.6 Å². The van der Waals surface area contributed by atoms with E-state index in [9.17, 15) is 32.3 Å². The molecule has 0 radical (unpaired) electrons. The van der Waals surface area contributed by atoms with Gasteiger partial charge in [-0.15, -0.1) is 12.4 Å². The number of nitrogens with one attached hydrogen (secondary N) is 3. The number of rotatable bonds is 9. The molecule has 2 fully saturated rings. The van der Waals surface area contributed by atoms with Crippen LogP contribution in [0.5, 0.6) is 0 Å². The number of pyridine rings is 2. The number of nitrogen functional groups attached to an aromatic ring is 2. The Labute approximate surface area is 468 Å². The highest BCUT2D eigenvalue weighted by Gasteiger charge is 2.32. The average Bonchev–Trinajstić information content (AvgIpc) is 4.09. The van der Waals surface area contributed by atoms with Crippen molar-refractivity contribution in [1.29, 1.82) is 0 Å². The number of halogens is 4. The maximum atomic E-state index is 13.0. The Balaban J connectivity index is 0.000000213. The number of carbonyl (C=O) groups is 4. The lowest BCUT2D eigenvalue weighted by molar-refractivity contribution is -0.137.